The highest BCUT2D eigenvalue weighted by atomic mass is 19.4. The molecule has 0 aliphatic carbocycles. The third-order valence-electron chi connectivity index (χ3n) is 1.07. The van der Waals surface area contributed by atoms with E-state index in [1.165, 1.54) is 0 Å². The van der Waals surface area contributed by atoms with Gasteiger partial charge in [0.2, 0.25) is 0 Å². The molecular weight excluding hydrogens is 157 g/mol. The smallest absolute Gasteiger partial charge is 0.387 e. The number of hydrogen-bond donors (Lipinski definition) is 1. The molecule has 0 spiro atoms. The van der Waals surface area contributed by atoms with Gasteiger partial charge in [0.05, 0.1) is 12.3 Å². The summed E-state index contributed by atoms with van der Waals surface area (Å²) in [5.74, 6) is 0.272. The van der Waals surface area contributed by atoms with Crippen molar-refractivity contribution in [2.75, 3.05) is 6.54 Å². The molecule has 0 aliphatic rings. The SMILES string of the molecule is CCC(N)=NCCC(F)(F)F. The molecule has 0 heterocycles. The maximum Gasteiger partial charge on any atom is 0.390 e. The zero-order valence-electron chi connectivity index (χ0n) is 6.28. The van der Waals surface area contributed by atoms with Gasteiger partial charge in [0, 0.05) is 13.0 Å². The van der Waals surface area contributed by atoms with Crippen LogP contribution in [0.1, 0.15) is 19.8 Å². The third kappa shape index (κ3) is 7.15. The molecule has 0 radical (unpaired) electrons. The number of halogens is 3. The minimum absolute atomic E-state index is 0.261. The van der Waals surface area contributed by atoms with Crippen molar-refractivity contribution in [2.45, 2.75) is 25.9 Å². The highest BCUT2D eigenvalue weighted by Crippen LogP contribution is 2.18. The van der Waals surface area contributed by atoms with Gasteiger partial charge in [-0.1, -0.05) is 6.92 Å². The highest BCUT2D eigenvalue weighted by molar-refractivity contribution is 5.79. The lowest BCUT2D eigenvalue weighted by atomic mass is 10.4. The zero-order valence-corrected chi connectivity index (χ0v) is 6.28. The van der Waals surface area contributed by atoms with Crippen molar-refractivity contribution in [1.82, 2.24) is 0 Å². The largest absolute Gasteiger partial charge is 0.390 e. The number of rotatable bonds is 3. The van der Waals surface area contributed by atoms with Gasteiger partial charge in [0.15, 0.2) is 0 Å². The summed E-state index contributed by atoms with van der Waals surface area (Å²) in [6.45, 7) is 1.48. The predicted molar refractivity (Wildman–Crippen MR) is 37.5 cm³/mol. The molecule has 0 saturated heterocycles. The van der Waals surface area contributed by atoms with Gasteiger partial charge in [0.1, 0.15) is 0 Å². The van der Waals surface area contributed by atoms with Gasteiger partial charge < -0.3 is 5.73 Å². The first-order valence-corrected chi connectivity index (χ1v) is 3.31. The van der Waals surface area contributed by atoms with Crippen molar-refractivity contribution in [3.63, 3.8) is 0 Å². The van der Waals surface area contributed by atoms with Crippen LogP contribution in [0.2, 0.25) is 0 Å². The Bertz CT molecular complexity index is 139. The fourth-order valence-corrected chi connectivity index (χ4v) is 0.438. The van der Waals surface area contributed by atoms with Crippen LogP contribution in [0.25, 0.3) is 0 Å². The summed E-state index contributed by atoms with van der Waals surface area (Å²) in [5, 5.41) is 0. The lowest BCUT2D eigenvalue weighted by molar-refractivity contribution is -0.132. The van der Waals surface area contributed by atoms with Crippen LogP contribution in [0.4, 0.5) is 13.2 Å². The van der Waals surface area contributed by atoms with Crippen LogP contribution in [0.3, 0.4) is 0 Å². The molecule has 0 unspecified atom stereocenters. The summed E-state index contributed by atoms with van der Waals surface area (Å²) in [6.07, 6.45) is -4.52. The number of amidine groups is 1. The average Bonchev–Trinajstić information content (AvgIpc) is 1.85. The van der Waals surface area contributed by atoms with Gasteiger partial charge in [-0.3, -0.25) is 4.99 Å². The number of nitrogens with two attached hydrogens (primary N) is 1. The standard InChI is InChI=1S/C6H11F3N2/c1-2-5(10)11-4-3-6(7,8)9/h2-4H2,1H3,(H2,10,11). The number of hydrogen-bond acceptors (Lipinski definition) is 1. The first-order chi connectivity index (χ1) is 4.95. The normalized spacial score (nSPS) is 13.6. The van der Waals surface area contributed by atoms with E-state index in [2.05, 4.69) is 4.99 Å². The van der Waals surface area contributed by atoms with Crippen LogP contribution in [-0.2, 0) is 0 Å². The van der Waals surface area contributed by atoms with E-state index in [1.54, 1.807) is 6.92 Å². The van der Waals surface area contributed by atoms with Crippen molar-refractivity contribution in [2.24, 2.45) is 10.7 Å². The van der Waals surface area contributed by atoms with Crippen LogP contribution in [0.5, 0.6) is 0 Å². The first kappa shape index (κ1) is 10.3. The molecule has 2 N–H and O–H groups in total. The molecule has 2 nitrogen and oxygen atoms in total. The van der Waals surface area contributed by atoms with Gasteiger partial charge in [-0.25, -0.2) is 0 Å². The van der Waals surface area contributed by atoms with Crippen LogP contribution in [0.15, 0.2) is 4.99 Å². The Labute approximate surface area is 63.3 Å². The molecule has 66 valence electrons. The Kier molecular flexibility index (Phi) is 3.92. The molecule has 0 aromatic rings. The first-order valence-electron chi connectivity index (χ1n) is 3.31. The Morgan fingerprint density at radius 2 is 2.00 bits per heavy atom. The van der Waals surface area contributed by atoms with E-state index >= 15 is 0 Å². The van der Waals surface area contributed by atoms with E-state index in [0.29, 0.717) is 6.42 Å². The topological polar surface area (TPSA) is 38.4 Å². The Morgan fingerprint density at radius 1 is 1.45 bits per heavy atom. The Balaban J connectivity index is 3.57. The van der Waals surface area contributed by atoms with E-state index in [4.69, 9.17) is 5.73 Å². The minimum atomic E-state index is -4.13. The molecule has 0 fully saturated rings. The zero-order chi connectivity index (χ0) is 8.91. The lowest BCUT2D eigenvalue weighted by Crippen LogP contribution is -2.13. The summed E-state index contributed by atoms with van der Waals surface area (Å²) in [4.78, 5) is 3.50. The van der Waals surface area contributed by atoms with Crippen LogP contribution in [-0.4, -0.2) is 18.6 Å². The van der Waals surface area contributed by atoms with E-state index in [0.717, 1.165) is 0 Å². The molecule has 11 heavy (non-hydrogen) atoms. The van der Waals surface area contributed by atoms with Crippen molar-refractivity contribution in [3.8, 4) is 0 Å². The van der Waals surface area contributed by atoms with Crippen LogP contribution >= 0.6 is 0 Å². The molecular formula is C6H11F3N2. The molecule has 0 aromatic heterocycles. The summed E-state index contributed by atoms with van der Waals surface area (Å²) in [5.41, 5.74) is 5.18. The summed E-state index contributed by atoms with van der Waals surface area (Å²) >= 11 is 0. The summed E-state index contributed by atoms with van der Waals surface area (Å²) < 4.78 is 34.5. The van der Waals surface area contributed by atoms with Crippen molar-refractivity contribution < 1.29 is 13.2 Å². The molecule has 0 aromatic carbocycles. The second-order valence-corrected chi connectivity index (χ2v) is 2.09. The number of alkyl halides is 3. The molecule has 0 bridgehead atoms. The molecule has 5 heteroatoms. The number of nitrogens with zero attached hydrogens (tertiary/aromatic N) is 1. The number of aliphatic imine (C=N–C) groups is 1. The summed E-state index contributed by atoms with van der Waals surface area (Å²) in [6, 6.07) is 0. The van der Waals surface area contributed by atoms with Gasteiger partial charge in [0.25, 0.3) is 0 Å². The van der Waals surface area contributed by atoms with E-state index in [-0.39, 0.29) is 12.4 Å². The van der Waals surface area contributed by atoms with Crippen LogP contribution in [0, 0.1) is 0 Å². The molecule has 0 rings (SSSR count). The predicted octanol–water partition coefficient (Wildman–Crippen LogP) is 1.71. The second kappa shape index (κ2) is 4.20. The van der Waals surface area contributed by atoms with Crippen molar-refractivity contribution >= 4 is 5.84 Å². The lowest BCUT2D eigenvalue weighted by Gasteiger charge is -2.02. The fourth-order valence-electron chi connectivity index (χ4n) is 0.438. The van der Waals surface area contributed by atoms with E-state index in [1.807, 2.05) is 0 Å². The monoisotopic (exact) mass is 168 g/mol. The van der Waals surface area contributed by atoms with Gasteiger partial charge in [-0.15, -0.1) is 0 Å². The van der Waals surface area contributed by atoms with E-state index in [9.17, 15) is 13.2 Å². The molecule has 0 atom stereocenters. The third-order valence-corrected chi connectivity index (χ3v) is 1.07. The Hall–Kier alpha value is -0.740. The second-order valence-electron chi connectivity index (χ2n) is 2.09. The Morgan fingerprint density at radius 3 is 2.36 bits per heavy atom. The van der Waals surface area contributed by atoms with E-state index < -0.39 is 12.6 Å². The quantitative estimate of drug-likeness (QED) is 0.505. The minimum Gasteiger partial charge on any atom is -0.387 e. The summed E-state index contributed by atoms with van der Waals surface area (Å²) in [7, 11) is 0. The average molecular weight is 168 g/mol. The fraction of sp³-hybridized carbons (Fsp3) is 0.833. The van der Waals surface area contributed by atoms with Crippen molar-refractivity contribution in [3.05, 3.63) is 0 Å². The maximum absolute atomic E-state index is 11.5. The van der Waals surface area contributed by atoms with Gasteiger partial charge in [-0.2, -0.15) is 13.2 Å². The van der Waals surface area contributed by atoms with Gasteiger partial charge in [-0.05, 0) is 0 Å². The van der Waals surface area contributed by atoms with Gasteiger partial charge >= 0.3 is 6.18 Å². The molecule has 0 aliphatic heterocycles. The van der Waals surface area contributed by atoms with Crippen LogP contribution < -0.4 is 5.73 Å². The molecule has 0 amide bonds. The highest BCUT2D eigenvalue weighted by Gasteiger charge is 2.25. The molecule has 0 saturated carbocycles. The maximum atomic E-state index is 11.5. The van der Waals surface area contributed by atoms with Crippen molar-refractivity contribution in [1.29, 1.82) is 0 Å².